The molecule has 4 nitrogen and oxygen atoms in total. The van der Waals surface area contributed by atoms with Crippen molar-refractivity contribution in [3.05, 3.63) is 40.1 Å². The van der Waals surface area contributed by atoms with Crippen molar-refractivity contribution in [2.45, 2.75) is 26.4 Å². The molecule has 0 aliphatic heterocycles. The van der Waals surface area contributed by atoms with Crippen molar-refractivity contribution in [1.29, 1.82) is 0 Å². The lowest BCUT2D eigenvalue weighted by molar-refractivity contribution is 0.580. The summed E-state index contributed by atoms with van der Waals surface area (Å²) in [5.74, 6) is 0. The van der Waals surface area contributed by atoms with Crippen LogP contribution >= 0.6 is 23.2 Å². The zero-order chi connectivity index (χ0) is 13.1. The molecule has 0 saturated carbocycles. The van der Waals surface area contributed by atoms with Crippen molar-refractivity contribution in [3.8, 4) is 5.69 Å². The summed E-state index contributed by atoms with van der Waals surface area (Å²) < 4.78 is 1.66. The van der Waals surface area contributed by atoms with Crippen LogP contribution < -0.4 is 5.32 Å². The summed E-state index contributed by atoms with van der Waals surface area (Å²) in [6.45, 7) is 4.86. The first kappa shape index (κ1) is 13.3. The molecule has 0 atom stereocenters. The first-order valence-corrected chi connectivity index (χ1v) is 6.41. The fraction of sp³-hybridized carbons (Fsp3) is 0.333. The van der Waals surface area contributed by atoms with Gasteiger partial charge in [0.05, 0.1) is 17.6 Å². The Kier molecular flexibility index (Phi) is 4.22. The molecule has 0 aliphatic carbocycles. The van der Waals surface area contributed by atoms with Gasteiger partial charge in [-0.3, -0.25) is 0 Å². The molecule has 96 valence electrons. The third-order valence-corrected chi connectivity index (χ3v) is 2.78. The summed E-state index contributed by atoms with van der Waals surface area (Å²) in [4.78, 5) is 0. The Hall–Kier alpha value is -1.10. The van der Waals surface area contributed by atoms with Crippen molar-refractivity contribution in [3.63, 3.8) is 0 Å². The van der Waals surface area contributed by atoms with E-state index in [0.29, 0.717) is 22.6 Å². The molecule has 2 rings (SSSR count). The second-order valence-electron chi connectivity index (χ2n) is 4.32. The van der Waals surface area contributed by atoms with Gasteiger partial charge in [0, 0.05) is 22.6 Å². The summed E-state index contributed by atoms with van der Waals surface area (Å²) in [6.07, 6.45) is 1.86. The molecular weight excluding hydrogens is 271 g/mol. The van der Waals surface area contributed by atoms with Gasteiger partial charge in [-0.15, -0.1) is 5.10 Å². The summed E-state index contributed by atoms with van der Waals surface area (Å²) in [5.41, 5.74) is 1.68. The topological polar surface area (TPSA) is 42.7 Å². The highest BCUT2D eigenvalue weighted by molar-refractivity contribution is 6.34. The van der Waals surface area contributed by atoms with Crippen LogP contribution in [0.25, 0.3) is 5.69 Å². The molecule has 1 aromatic heterocycles. The first-order valence-electron chi connectivity index (χ1n) is 5.65. The Bertz CT molecular complexity index is 516. The largest absolute Gasteiger partial charge is 0.309 e. The molecule has 0 spiro atoms. The average Bonchev–Trinajstić information content (AvgIpc) is 2.73. The molecule has 2 aromatic rings. The number of nitrogens with zero attached hydrogens (tertiary/aromatic N) is 3. The third-order valence-electron chi connectivity index (χ3n) is 2.34. The monoisotopic (exact) mass is 284 g/mol. The van der Waals surface area contributed by atoms with Gasteiger partial charge in [-0.1, -0.05) is 42.3 Å². The van der Waals surface area contributed by atoms with Gasteiger partial charge in [0.2, 0.25) is 0 Å². The van der Waals surface area contributed by atoms with Gasteiger partial charge in [-0.05, 0) is 18.2 Å². The van der Waals surface area contributed by atoms with E-state index in [1.807, 2.05) is 6.20 Å². The molecule has 0 aliphatic rings. The van der Waals surface area contributed by atoms with Crippen LogP contribution in [-0.2, 0) is 6.54 Å². The van der Waals surface area contributed by atoms with Crippen molar-refractivity contribution in [1.82, 2.24) is 20.3 Å². The number of hydrogen-bond donors (Lipinski definition) is 1. The van der Waals surface area contributed by atoms with E-state index < -0.39 is 0 Å². The number of benzene rings is 1. The minimum absolute atomic E-state index is 0.413. The Morgan fingerprint density at radius 1 is 1.22 bits per heavy atom. The van der Waals surface area contributed by atoms with E-state index in [9.17, 15) is 0 Å². The molecular formula is C12H14Cl2N4. The molecule has 0 radical (unpaired) electrons. The van der Waals surface area contributed by atoms with Crippen LogP contribution in [0.5, 0.6) is 0 Å². The molecule has 0 amide bonds. The average molecular weight is 285 g/mol. The van der Waals surface area contributed by atoms with Gasteiger partial charge in [0.1, 0.15) is 0 Å². The predicted octanol–water partition coefficient (Wildman–Crippen LogP) is 3.07. The Labute approximate surface area is 116 Å². The van der Waals surface area contributed by atoms with E-state index in [-0.39, 0.29) is 0 Å². The summed E-state index contributed by atoms with van der Waals surface area (Å²) >= 11 is 11.9. The van der Waals surface area contributed by atoms with Gasteiger partial charge < -0.3 is 5.32 Å². The quantitative estimate of drug-likeness (QED) is 0.938. The lowest BCUT2D eigenvalue weighted by atomic mass is 10.3. The van der Waals surface area contributed by atoms with Crippen LogP contribution in [0.4, 0.5) is 0 Å². The van der Waals surface area contributed by atoms with Gasteiger partial charge in [-0.2, -0.15) is 0 Å². The fourth-order valence-corrected chi connectivity index (χ4v) is 2.00. The first-order chi connectivity index (χ1) is 8.54. The highest BCUT2D eigenvalue weighted by Crippen LogP contribution is 2.21. The Morgan fingerprint density at radius 2 is 1.89 bits per heavy atom. The van der Waals surface area contributed by atoms with Gasteiger partial charge >= 0.3 is 0 Å². The molecule has 1 aromatic carbocycles. The second kappa shape index (κ2) is 5.69. The van der Waals surface area contributed by atoms with Crippen LogP contribution in [0.3, 0.4) is 0 Å². The minimum Gasteiger partial charge on any atom is -0.309 e. The molecule has 18 heavy (non-hydrogen) atoms. The van der Waals surface area contributed by atoms with Crippen LogP contribution in [0.15, 0.2) is 24.4 Å². The number of rotatable bonds is 4. The molecule has 1 heterocycles. The van der Waals surface area contributed by atoms with Crippen molar-refractivity contribution in [2.75, 3.05) is 0 Å². The lowest BCUT2D eigenvalue weighted by Crippen LogP contribution is -2.21. The van der Waals surface area contributed by atoms with E-state index in [1.54, 1.807) is 22.9 Å². The van der Waals surface area contributed by atoms with Crippen LogP contribution in [0.2, 0.25) is 10.0 Å². The smallest absolute Gasteiger partial charge is 0.0969 e. The fourth-order valence-electron chi connectivity index (χ4n) is 1.49. The number of nitrogens with one attached hydrogen (secondary N) is 1. The van der Waals surface area contributed by atoms with Gasteiger partial charge in [-0.25, -0.2) is 4.68 Å². The Morgan fingerprint density at radius 3 is 2.50 bits per heavy atom. The van der Waals surface area contributed by atoms with E-state index in [2.05, 4.69) is 29.5 Å². The van der Waals surface area contributed by atoms with E-state index in [1.165, 1.54) is 0 Å². The van der Waals surface area contributed by atoms with Crippen molar-refractivity contribution >= 4 is 23.2 Å². The second-order valence-corrected chi connectivity index (χ2v) is 5.19. The highest BCUT2D eigenvalue weighted by atomic mass is 35.5. The van der Waals surface area contributed by atoms with Gasteiger partial charge in [0.15, 0.2) is 0 Å². The van der Waals surface area contributed by atoms with Crippen LogP contribution in [-0.4, -0.2) is 21.0 Å². The van der Waals surface area contributed by atoms with E-state index >= 15 is 0 Å². The summed E-state index contributed by atoms with van der Waals surface area (Å²) in [5, 5.41) is 12.6. The standard InChI is InChI=1S/C12H14Cl2N4/c1-8(2)15-6-11-7-18(17-16-11)12-4-9(13)3-10(14)5-12/h3-5,7-8,15H,6H2,1-2H3. The molecule has 0 saturated heterocycles. The molecule has 6 heteroatoms. The normalized spacial score (nSPS) is 11.2. The van der Waals surface area contributed by atoms with Crippen LogP contribution in [0, 0.1) is 0 Å². The predicted molar refractivity (Wildman–Crippen MR) is 73.4 cm³/mol. The molecule has 0 unspecified atom stereocenters. The zero-order valence-electron chi connectivity index (χ0n) is 10.2. The van der Waals surface area contributed by atoms with E-state index in [0.717, 1.165) is 11.4 Å². The number of halogens is 2. The van der Waals surface area contributed by atoms with Crippen LogP contribution in [0.1, 0.15) is 19.5 Å². The maximum absolute atomic E-state index is 5.95. The summed E-state index contributed by atoms with van der Waals surface area (Å²) in [6, 6.07) is 5.68. The third kappa shape index (κ3) is 3.45. The lowest BCUT2D eigenvalue weighted by Gasteiger charge is -2.04. The highest BCUT2D eigenvalue weighted by Gasteiger charge is 2.05. The number of aromatic nitrogens is 3. The molecule has 0 fully saturated rings. The van der Waals surface area contributed by atoms with Crippen molar-refractivity contribution < 1.29 is 0 Å². The van der Waals surface area contributed by atoms with Gasteiger partial charge in [0.25, 0.3) is 0 Å². The SMILES string of the molecule is CC(C)NCc1cn(-c2cc(Cl)cc(Cl)c2)nn1. The Balaban J connectivity index is 2.18. The maximum Gasteiger partial charge on any atom is 0.0969 e. The zero-order valence-corrected chi connectivity index (χ0v) is 11.7. The van der Waals surface area contributed by atoms with Crippen molar-refractivity contribution in [2.24, 2.45) is 0 Å². The van der Waals surface area contributed by atoms with E-state index in [4.69, 9.17) is 23.2 Å². The number of hydrogen-bond acceptors (Lipinski definition) is 3. The minimum atomic E-state index is 0.413. The molecule has 1 N–H and O–H groups in total. The maximum atomic E-state index is 5.95. The summed E-state index contributed by atoms with van der Waals surface area (Å²) in [7, 11) is 0. The molecule has 0 bridgehead atoms.